The van der Waals surface area contributed by atoms with E-state index in [9.17, 15) is 8.96 Å². The van der Waals surface area contributed by atoms with Crippen molar-refractivity contribution in [3.05, 3.63) is 35.6 Å². The largest absolute Gasteiger partial charge is 0.530 e. The molecule has 0 aromatic heterocycles. The van der Waals surface area contributed by atoms with E-state index in [0.29, 0.717) is 5.56 Å². The number of phosphoric ester groups is 1. The summed E-state index contributed by atoms with van der Waals surface area (Å²) in [5, 5.41) is 0. The van der Waals surface area contributed by atoms with Gasteiger partial charge in [-0.25, -0.2) is 13.9 Å². The van der Waals surface area contributed by atoms with E-state index in [0.717, 1.165) is 25.7 Å². The molecular formula is C16H21FNO4P. The first-order valence-corrected chi connectivity index (χ1v) is 9.02. The molecule has 1 aliphatic rings. The van der Waals surface area contributed by atoms with Gasteiger partial charge < -0.3 is 4.52 Å². The number of nitrogens with zero attached hydrogens (tertiary/aromatic N) is 1. The molecule has 1 saturated carbocycles. The van der Waals surface area contributed by atoms with Crippen LogP contribution in [0.5, 0.6) is 0 Å². The van der Waals surface area contributed by atoms with Crippen LogP contribution in [-0.2, 0) is 18.1 Å². The first-order chi connectivity index (χ1) is 11.1. The van der Waals surface area contributed by atoms with Crippen molar-refractivity contribution in [3.63, 3.8) is 0 Å². The summed E-state index contributed by atoms with van der Waals surface area (Å²) in [4.78, 5) is 4.40. The van der Waals surface area contributed by atoms with Gasteiger partial charge in [-0.05, 0) is 37.1 Å². The van der Waals surface area contributed by atoms with E-state index in [4.69, 9.17) is 13.6 Å². The van der Waals surface area contributed by atoms with Crippen LogP contribution >= 0.6 is 7.82 Å². The third-order valence-electron chi connectivity index (χ3n) is 3.68. The standard InChI is InChI=1S/C16H21FNO4P/c1-20-23(19,21-2)22-16(13-8-10-14(17)11-9-13)12-18-15-6-4-3-5-7-15/h8-11,15H,3-7H2,1-2H3. The highest BCUT2D eigenvalue weighted by atomic mass is 31.2. The van der Waals surface area contributed by atoms with E-state index in [1.807, 2.05) is 0 Å². The molecule has 1 fully saturated rings. The number of aliphatic imine (C=N–C) groups is 1. The molecule has 0 bridgehead atoms. The molecule has 2 rings (SSSR count). The van der Waals surface area contributed by atoms with Gasteiger partial charge in [-0.15, -0.1) is 0 Å². The topological polar surface area (TPSA) is 57.1 Å². The van der Waals surface area contributed by atoms with Crippen LogP contribution in [0.15, 0.2) is 29.3 Å². The molecule has 0 unspecified atom stereocenters. The summed E-state index contributed by atoms with van der Waals surface area (Å²) in [5.74, 6) is 2.55. The minimum atomic E-state index is -3.74. The van der Waals surface area contributed by atoms with Crippen LogP contribution in [0.3, 0.4) is 0 Å². The fraction of sp³-hybridized carbons (Fsp3) is 0.500. The van der Waals surface area contributed by atoms with Crippen molar-refractivity contribution < 1.29 is 22.5 Å². The maximum atomic E-state index is 13.1. The van der Waals surface area contributed by atoms with E-state index in [1.54, 1.807) is 0 Å². The molecule has 0 saturated heterocycles. The summed E-state index contributed by atoms with van der Waals surface area (Å²) in [6.45, 7) is 0. The molecule has 1 aliphatic carbocycles. The minimum Gasteiger partial charge on any atom is -0.393 e. The smallest absolute Gasteiger partial charge is 0.393 e. The van der Waals surface area contributed by atoms with Gasteiger partial charge in [0, 0.05) is 25.7 Å². The van der Waals surface area contributed by atoms with Crippen LogP contribution in [0.1, 0.15) is 37.7 Å². The summed E-state index contributed by atoms with van der Waals surface area (Å²) < 4.78 is 40.2. The molecular weight excluding hydrogens is 320 g/mol. The zero-order valence-electron chi connectivity index (χ0n) is 13.3. The van der Waals surface area contributed by atoms with E-state index >= 15 is 0 Å². The Balaban J connectivity index is 2.31. The van der Waals surface area contributed by atoms with Crippen LogP contribution in [-0.4, -0.2) is 26.1 Å². The van der Waals surface area contributed by atoms with E-state index in [1.165, 1.54) is 44.9 Å². The Hall–Kier alpha value is -1.45. The van der Waals surface area contributed by atoms with E-state index in [2.05, 4.69) is 10.9 Å². The van der Waals surface area contributed by atoms with Crippen molar-refractivity contribution in [1.82, 2.24) is 0 Å². The quantitative estimate of drug-likeness (QED) is 0.431. The Morgan fingerprint density at radius 2 is 1.78 bits per heavy atom. The molecule has 0 atom stereocenters. The van der Waals surface area contributed by atoms with Crippen molar-refractivity contribution in [2.24, 2.45) is 4.99 Å². The van der Waals surface area contributed by atoms with Crippen molar-refractivity contribution in [2.45, 2.75) is 38.1 Å². The minimum absolute atomic E-state index is 0.114. The molecule has 0 aliphatic heterocycles. The molecule has 0 N–H and O–H groups in total. The third-order valence-corrected chi connectivity index (χ3v) is 4.98. The Kier molecular flexibility index (Phi) is 6.55. The lowest BCUT2D eigenvalue weighted by molar-refractivity contribution is 0.202. The molecule has 23 heavy (non-hydrogen) atoms. The predicted molar refractivity (Wildman–Crippen MR) is 86.8 cm³/mol. The van der Waals surface area contributed by atoms with Gasteiger partial charge in [0.1, 0.15) is 5.82 Å². The highest BCUT2D eigenvalue weighted by Gasteiger charge is 2.27. The number of phosphoric acid groups is 1. The van der Waals surface area contributed by atoms with E-state index in [-0.39, 0.29) is 17.6 Å². The third kappa shape index (κ3) is 5.29. The second-order valence-electron chi connectivity index (χ2n) is 5.27. The fourth-order valence-electron chi connectivity index (χ4n) is 2.36. The predicted octanol–water partition coefficient (Wildman–Crippen LogP) is 4.59. The molecule has 1 aromatic carbocycles. The van der Waals surface area contributed by atoms with Crippen molar-refractivity contribution in [1.29, 1.82) is 0 Å². The number of benzene rings is 1. The molecule has 5 nitrogen and oxygen atoms in total. The Labute approximate surface area is 135 Å². The number of hydrogen-bond acceptors (Lipinski definition) is 5. The number of rotatable bonds is 6. The summed E-state index contributed by atoms with van der Waals surface area (Å²) in [5.41, 5.74) is 0.500. The van der Waals surface area contributed by atoms with Crippen molar-refractivity contribution >= 4 is 19.5 Å². The highest BCUT2D eigenvalue weighted by molar-refractivity contribution is 7.48. The molecule has 0 spiro atoms. The Morgan fingerprint density at radius 1 is 1.17 bits per heavy atom. The maximum Gasteiger partial charge on any atom is 0.530 e. The van der Waals surface area contributed by atoms with Crippen LogP contribution in [0.25, 0.3) is 5.76 Å². The summed E-state index contributed by atoms with van der Waals surface area (Å²) in [7, 11) is -1.28. The normalized spacial score (nSPS) is 15.8. The Morgan fingerprint density at radius 3 is 2.35 bits per heavy atom. The van der Waals surface area contributed by atoms with E-state index < -0.39 is 7.82 Å². The Bertz CT molecular complexity index is 611. The maximum absolute atomic E-state index is 13.1. The van der Waals surface area contributed by atoms with Crippen LogP contribution in [0.4, 0.5) is 4.39 Å². The fourth-order valence-corrected chi connectivity index (χ4v) is 3.03. The summed E-state index contributed by atoms with van der Waals surface area (Å²) >= 11 is 0. The first-order valence-electron chi connectivity index (χ1n) is 7.56. The SMILES string of the molecule is COP(=O)(OC)OC(=C=NC1CCCCC1)c1ccc(F)cc1. The van der Waals surface area contributed by atoms with Gasteiger partial charge in [0.25, 0.3) is 0 Å². The van der Waals surface area contributed by atoms with Gasteiger partial charge in [-0.3, -0.25) is 9.05 Å². The summed E-state index contributed by atoms with van der Waals surface area (Å²) in [6.07, 6.45) is 5.49. The lowest BCUT2D eigenvalue weighted by atomic mass is 9.96. The first kappa shape index (κ1) is 17.9. The zero-order chi connectivity index (χ0) is 16.7. The van der Waals surface area contributed by atoms with Gasteiger partial charge in [-0.2, -0.15) is 0 Å². The lowest BCUT2D eigenvalue weighted by Crippen LogP contribution is -2.09. The monoisotopic (exact) mass is 341 g/mol. The van der Waals surface area contributed by atoms with Crippen LogP contribution in [0.2, 0.25) is 0 Å². The van der Waals surface area contributed by atoms with Crippen LogP contribution in [0, 0.1) is 5.82 Å². The van der Waals surface area contributed by atoms with Gasteiger partial charge in [-0.1, -0.05) is 19.3 Å². The molecule has 0 heterocycles. The van der Waals surface area contributed by atoms with Gasteiger partial charge in [0.05, 0.1) is 6.04 Å². The van der Waals surface area contributed by atoms with Gasteiger partial charge >= 0.3 is 7.82 Å². The molecule has 7 heteroatoms. The molecule has 0 radical (unpaired) electrons. The second-order valence-corrected chi connectivity index (χ2v) is 7.08. The number of halogens is 1. The van der Waals surface area contributed by atoms with Crippen LogP contribution < -0.4 is 0 Å². The van der Waals surface area contributed by atoms with Gasteiger partial charge in [0.15, 0.2) is 5.76 Å². The van der Waals surface area contributed by atoms with Gasteiger partial charge in [0.2, 0.25) is 0 Å². The summed E-state index contributed by atoms with van der Waals surface area (Å²) in [6, 6.07) is 5.75. The average Bonchev–Trinajstić information content (AvgIpc) is 2.60. The lowest BCUT2D eigenvalue weighted by Gasteiger charge is -2.17. The average molecular weight is 341 g/mol. The second kappa shape index (κ2) is 8.42. The van der Waals surface area contributed by atoms with Crippen molar-refractivity contribution in [2.75, 3.05) is 14.2 Å². The number of hydrogen-bond donors (Lipinski definition) is 0. The highest BCUT2D eigenvalue weighted by Crippen LogP contribution is 2.50. The van der Waals surface area contributed by atoms with Crippen molar-refractivity contribution in [3.8, 4) is 0 Å². The molecule has 1 aromatic rings. The molecule has 126 valence electrons. The zero-order valence-corrected chi connectivity index (χ0v) is 14.2. The molecule has 0 amide bonds.